The zero-order valence-electron chi connectivity index (χ0n) is 16.1. The van der Waals surface area contributed by atoms with E-state index in [1.54, 1.807) is 12.1 Å². The van der Waals surface area contributed by atoms with Crippen molar-refractivity contribution in [3.8, 4) is 0 Å². The van der Waals surface area contributed by atoms with Gasteiger partial charge in [0.2, 0.25) is 0 Å². The van der Waals surface area contributed by atoms with Crippen molar-refractivity contribution < 1.29 is 61.4 Å². The van der Waals surface area contributed by atoms with Crippen LogP contribution in [-0.4, -0.2) is 63.8 Å². The highest BCUT2D eigenvalue weighted by Crippen LogP contribution is 2.66. The van der Waals surface area contributed by atoms with E-state index in [9.17, 15) is 28.8 Å². The van der Waals surface area contributed by atoms with Crippen LogP contribution in [0.3, 0.4) is 0 Å². The summed E-state index contributed by atoms with van der Waals surface area (Å²) in [5.74, 6) is 0. The molecule has 0 bridgehead atoms. The minimum atomic E-state index is -5.70. The minimum Gasteiger partial charge on any atom is -0.397 e. The summed E-state index contributed by atoms with van der Waals surface area (Å²) < 4.78 is 52.6. The number of nitrogens with zero attached hydrogens (tertiary/aromatic N) is 2. The predicted octanol–water partition coefficient (Wildman–Crippen LogP) is -0.188. The van der Waals surface area contributed by atoms with E-state index in [1.165, 1.54) is 23.7 Å². The molecule has 8 N–H and O–H groups in total. The van der Waals surface area contributed by atoms with Crippen LogP contribution in [0.2, 0.25) is 0 Å². The number of fused-ring (bicyclic) bond motifs is 1. The number of hydrogen-bond donors (Lipinski definition) is 7. The van der Waals surface area contributed by atoms with Crippen molar-refractivity contribution in [2.45, 2.75) is 30.8 Å². The highest BCUT2D eigenvalue weighted by molar-refractivity contribution is 7.66. The molecule has 3 rings (SSSR count). The predicted molar refractivity (Wildman–Crippen MR) is 104 cm³/mol. The van der Waals surface area contributed by atoms with Crippen molar-refractivity contribution in [2.24, 2.45) is 0 Å². The lowest BCUT2D eigenvalue weighted by Gasteiger charge is -2.26. The van der Waals surface area contributed by atoms with Gasteiger partial charge in [-0.25, -0.2) is 18.2 Å². The average molecular weight is 519 g/mol. The van der Waals surface area contributed by atoms with Crippen LogP contribution >= 0.6 is 23.5 Å². The fraction of sp³-hybridized carbons (Fsp3) is 0.462. The van der Waals surface area contributed by atoms with Crippen LogP contribution < -0.4 is 5.73 Å². The SMILES string of the molecule is C[C@@]1(O)[C@H](O)[C@@H](COP(=O)(O)OP(=O)(O)OP(=O)(O)O)O[C@H]1c1ccc2c(N)ccnn12. The Kier molecular flexibility index (Phi) is 6.77. The highest BCUT2D eigenvalue weighted by atomic mass is 31.3. The van der Waals surface area contributed by atoms with Crippen molar-refractivity contribution in [3.05, 3.63) is 30.1 Å². The van der Waals surface area contributed by atoms with Gasteiger partial charge in [0.05, 0.1) is 23.5 Å². The fourth-order valence-corrected chi connectivity index (χ4v) is 6.17. The molecule has 6 atom stereocenters. The molecule has 0 aliphatic carbocycles. The molecule has 1 aliphatic heterocycles. The van der Waals surface area contributed by atoms with Gasteiger partial charge in [0.25, 0.3) is 0 Å². The molecule has 2 aromatic rings. The van der Waals surface area contributed by atoms with Gasteiger partial charge >= 0.3 is 23.5 Å². The molecular formula is C13H20N3O13P3. The standard InChI is InChI=1S/C13H20N3O13P3/c1-13(18)11(17)10(6-26-31(22,23)29-32(24,25)28-30(19,20)21)27-12(13)9-3-2-8-7(14)4-5-15-16(8)9/h2-5,10-12,17-18H,6,14H2,1H3,(H,22,23)(H,24,25)(H2,19,20,21)/t10-,11-,12+,13-/m1/s1. The normalized spacial score (nSPS) is 30.3. The number of aliphatic hydroxyl groups excluding tert-OH is 1. The lowest BCUT2D eigenvalue weighted by molar-refractivity contribution is -0.0664. The maximum atomic E-state index is 11.9. The van der Waals surface area contributed by atoms with Gasteiger partial charge in [0.1, 0.15) is 23.9 Å². The molecule has 0 saturated carbocycles. The molecule has 3 heterocycles. The molecule has 0 spiro atoms. The van der Waals surface area contributed by atoms with Gasteiger partial charge in [-0.15, -0.1) is 0 Å². The molecule has 0 amide bonds. The van der Waals surface area contributed by atoms with Crippen LogP contribution in [0.1, 0.15) is 18.7 Å². The van der Waals surface area contributed by atoms with Crippen molar-refractivity contribution >= 4 is 34.7 Å². The van der Waals surface area contributed by atoms with Crippen LogP contribution in [0.4, 0.5) is 5.69 Å². The number of nitrogen functional groups attached to an aromatic ring is 1. The third-order valence-electron chi connectivity index (χ3n) is 4.50. The van der Waals surface area contributed by atoms with E-state index < -0.39 is 54.0 Å². The van der Waals surface area contributed by atoms with E-state index in [0.29, 0.717) is 11.2 Å². The summed E-state index contributed by atoms with van der Waals surface area (Å²) in [6.07, 6.45) is -2.92. The molecule has 1 aliphatic rings. The van der Waals surface area contributed by atoms with Crippen LogP contribution in [-0.2, 0) is 31.6 Å². The summed E-state index contributed by atoms with van der Waals surface area (Å²) in [4.78, 5) is 35.8. The van der Waals surface area contributed by atoms with Crippen molar-refractivity contribution in [1.29, 1.82) is 0 Å². The number of ether oxygens (including phenoxy) is 1. The van der Waals surface area contributed by atoms with Crippen LogP contribution in [0.15, 0.2) is 24.4 Å². The number of anilines is 1. The first-order valence-corrected chi connectivity index (χ1v) is 13.1. The van der Waals surface area contributed by atoms with Crippen molar-refractivity contribution in [1.82, 2.24) is 9.61 Å². The summed E-state index contributed by atoms with van der Waals surface area (Å²) in [7, 11) is -16.7. The lowest BCUT2D eigenvalue weighted by Crippen LogP contribution is -2.43. The van der Waals surface area contributed by atoms with Gasteiger partial charge in [0, 0.05) is 6.20 Å². The Balaban J connectivity index is 1.74. The molecule has 180 valence electrons. The number of aliphatic hydroxyl groups is 2. The van der Waals surface area contributed by atoms with E-state index in [1.807, 2.05) is 0 Å². The Morgan fingerprint density at radius 3 is 2.44 bits per heavy atom. The second-order valence-electron chi connectivity index (χ2n) is 6.95. The highest BCUT2D eigenvalue weighted by Gasteiger charge is 2.54. The topological polar surface area (TPSA) is 253 Å². The largest absolute Gasteiger partial charge is 0.490 e. The van der Waals surface area contributed by atoms with E-state index in [2.05, 4.69) is 18.2 Å². The zero-order valence-corrected chi connectivity index (χ0v) is 18.8. The van der Waals surface area contributed by atoms with Gasteiger partial charge in [0.15, 0.2) is 0 Å². The third kappa shape index (κ3) is 5.46. The first-order chi connectivity index (χ1) is 14.5. The van der Waals surface area contributed by atoms with Crippen LogP contribution in [0.25, 0.3) is 5.52 Å². The Labute approximate surface area is 179 Å². The number of phosphoric acid groups is 3. The van der Waals surface area contributed by atoms with E-state index >= 15 is 0 Å². The first-order valence-electron chi connectivity index (χ1n) is 8.59. The number of hydrogen-bond acceptors (Lipinski definition) is 11. The maximum absolute atomic E-state index is 11.9. The number of rotatable bonds is 8. The quantitative estimate of drug-likeness (QED) is 0.223. The van der Waals surface area contributed by atoms with Crippen molar-refractivity contribution in [2.75, 3.05) is 12.3 Å². The van der Waals surface area contributed by atoms with Crippen LogP contribution in [0.5, 0.6) is 0 Å². The molecule has 2 unspecified atom stereocenters. The smallest absolute Gasteiger partial charge is 0.397 e. The number of aromatic nitrogens is 2. The molecule has 1 fully saturated rings. The lowest BCUT2D eigenvalue weighted by atomic mass is 9.91. The Hall–Kier alpha value is -1.22. The van der Waals surface area contributed by atoms with E-state index in [-0.39, 0.29) is 5.69 Å². The van der Waals surface area contributed by atoms with Crippen LogP contribution in [0, 0.1) is 0 Å². The van der Waals surface area contributed by atoms with Gasteiger partial charge < -0.3 is 40.3 Å². The van der Waals surface area contributed by atoms with Crippen molar-refractivity contribution in [3.63, 3.8) is 0 Å². The number of nitrogens with two attached hydrogens (primary N) is 1. The molecule has 16 nitrogen and oxygen atoms in total. The molecule has 0 aromatic carbocycles. The van der Waals surface area contributed by atoms with E-state index in [0.717, 1.165) is 0 Å². The molecule has 0 radical (unpaired) electrons. The maximum Gasteiger partial charge on any atom is 0.490 e. The van der Waals surface area contributed by atoms with Gasteiger partial charge in [-0.05, 0) is 25.1 Å². The summed E-state index contributed by atoms with van der Waals surface area (Å²) in [5, 5.41) is 25.3. The zero-order chi connectivity index (χ0) is 24.1. The Morgan fingerprint density at radius 2 is 1.81 bits per heavy atom. The summed E-state index contributed by atoms with van der Waals surface area (Å²) in [6, 6.07) is 4.69. The first kappa shape index (κ1) is 25.4. The molecule has 1 saturated heterocycles. The second kappa shape index (κ2) is 8.53. The monoisotopic (exact) mass is 519 g/mol. The summed E-state index contributed by atoms with van der Waals surface area (Å²) in [6.45, 7) is 0.301. The summed E-state index contributed by atoms with van der Waals surface area (Å²) >= 11 is 0. The summed E-state index contributed by atoms with van der Waals surface area (Å²) in [5.41, 5.74) is 5.09. The Bertz CT molecular complexity index is 1150. The average Bonchev–Trinajstić information content (AvgIpc) is 3.11. The molecule has 32 heavy (non-hydrogen) atoms. The number of phosphoric ester groups is 1. The Morgan fingerprint density at radius 1 is 1.16 bits per heavy atom. The molecular weight excluding hydrogens is 499 g/mol. The van der Waals surface area contributed by atoms with E-state index in [4.69, 9.17) is 25.2 Å². The van der Waals surface area contributed by atoms with Gasteiger partial charge in [-0.2, -0.15) is 13.7 Å². The third-order valence-corrected chi connectivity index (χ3v) is 8.30. The van der Waals surface area contributed by atoms with Gasteiger partial charge in [-0.3, -0.25) is 4.52 Å². The molecule has 2 aromatic heterocycles. The second-order valence-corrected chi connectivity index (χ2v) is 11.4. The molecule has 19 heteroatoms. The fourth-order valence-electron chi connectivity index (χ4n) is 3.15. The minimum absolute atomic E-state index is 0.289. The van der Waals surface area contributed by atoms with Gasteiger partial charge in [-0.1, -0.05) is 0 Å².